The van der Waals surface area contributed by atoms with E-state index in [1.807, 2.05) is 23.9 Å². The summed E-state index contributed by atoms with van der Waals surface area (Å²) in [5.41, 5.74) is 1.25. The molecule has 1 rings (SSSR count). The van der Waals surface area contributed by atoms with E-state index in [0.29, 0.717) is 24.5 Å². The Labute approximate surface area is 133 Å². The fourth-order valence-electron chi connectivity index (χ4n) is 2.00. The van der Waals surface area contributed by atoms with Gasteiger partial charge in [0, 0.05) is 24.5 Å². The third kappa shape index (κ3) is 7.21. The van der Waals surface area contributed by atoms with Crippen LogP contribution in [0.25, 0.3) is 0 Å². The van der Waals surface area contributed by atoms with Gasteiger partial charge in [0.1, 0.15) is 12.4 Å². The highest BCUT2D eigenvalue weighted by Crippen LogP contribution is 2.28. The second kappa shape index (κ2) is 10.9. The lowest BCUT2D eigenvalue weighted by molar-refractivity contribution is 0.145. The van der Waals surface area contributed by atoms with Gasteiger partial charge in [-0.25, -0.2) is 0 Å². The number of nitrogens with one attached hydrogen (secondary N) is 1. The number of hydrogen-bond acceptors (Lipinski definition) is 4. The molecule has 0 saturated heterocycles. The number of ether oxygens (including phenoxy) is 2. The van der Waals surface area contributed by atoms with E-state index in [4.69, 9.17) is 9.47 Å². The molecule has 3 nitrogen and oxygen atoms in total. The molecular formula is C17H29NO2S. The predicted molar refractivity (Wildman–Crippen MR) is 92.4 cm³/mol. The zero-order chi connectivity index (χ0) is 15.5. The molecule has 21 heavy (non-hydrogen) atoms. The van der Waals surface area contributed by atoms with Crippen LogP contribution in [-0.4, -0.2) is 37.9 Å². The molecular weight excluding hydrogens is 282 g/mol. The molecule has 4 heteroatoms. The molecule has 0 aliphatic carbocycles. The van der Waals surface area contributed by atoms with Crippen LogP contribution in [0, 0.1) is 0 Å². The zero-order valence-electron chi connectivity index (χ0n) is 13.7. The van der Waals surface area contributed by atoms with Crippen molar-refractivity contribution in [2.75, 3.05) is 32.6 Å². The maximum Gasteiger partial charge on any atom is 0.124 e. The second-order valence-corrected chi connectivity index (χ2v) is 6.88. The van der Waals surface area contributed by atoms with Crippen molar-refractivity contribution in [3.8, 4) is 5.75 Å². The standard InChI is InChI=1S/C17H29NO2S/c1-5-10-18-16(13-21-14(2)3)15-8-6-7-9-17(15)20-12-11-19-4/h6-9,14,16,18H,5,10-13H2,1-4H3. The molecule has 0 aromatic heterocycles. The van der Waals surface area contributed by atoms with Crippen molar-refractivity contribution in [1.82, 2.24) is 5.32 Å². The molecule has 0 radical (unpaired) electrons. The molecule has 0 aliphatic heterocycles. The van der Waals surface area contributed by atoms with E-state index in [9.17, 15) is 0 Å². The van der Waals surface area contributed by atoms with E-state index in [1.165, 1.54) is 5.56 Å². The molecule has 0 saturated carbocycles. The van der Waals surface area contributed by atoms with Gasteiger partial charge in [-0.05, 0) is 24.3 Å². The van der Waals surface area contributed by atoms with Crippen LogP contribution < -0.4 is 10.1 Å². The van der Waals surface area contributed by atoms with Crippen LogP contribution in [0.3, 0.4) is 0 Å². The van der Waals surface area contributed by atoms with Crippen molar-refractivity contribution >= 4 is 11.8 Å². The van der Waals surface area contributed by atoms with Gasteiger partial charge in [-0.15, -0.1) is 0 Å². The summed E-state index contributed by atoms with van der Waals surface area (Å²) in [6.45, 7) is 8.90. The number of rotatable bonds is 11. The van der Waals surface area contributed by atoms with Crippen LogP contribution in [0.1, 0.15) is 38.8 Å². The SMILES string of the molecule is CCCNC(CSC(C)C)c1ccccc1OCCOC. The van der Waals surface area contributed by atoms with Gasteiger partial charge in [0.25, 0.3) is 0 Å². The Morgan fingerprint density at radius 3 is 2.62 bits per heavy atom. The Balaban J connectivity index is 2.78. The molecule has 0 aliphatic rings. The Bertz CT molecular complexity index is 385. The first-order chi connectivity index (χ1) is 10.2. The Morgan fingerprint density at radius 1 is 1.19 bits per heavy atom. The number of thioether (sulfide) groups is 1. The first kappa shape index (κ1) is 18.3. The zero-order valence-corrected chi connectivity index (χ0v) is 14.5. The fourth-order valence-corrected chi connectivity index (χ4v) is 2.88. The lowest BCUT2D eigenvalue weighted by Gasteiger charge is -2.22. The van der Waals surface area contributed by atoms with Crippen LogP contribution >= 0.6 is 11.8 Å². The van der Waals surface area contributed by atoms with Crippen molar-refractivity contribution in [3.05, 3.63) is 29.8 Å². The average Bonchev–Trinajstić information content (AvgIpc) is 2.48. The van der Waals surface area contributed by atoms with Gasteiger partial charge >= 0.3 is 0 Å². The van der Waals surface area contributed by atoms with Crippen LogP contribution in [0.15, 0.2) is 24.3 Å². The van der Waals surface area contributed by atoms with Crippen molar-refractivity contribution in [2.24, 2.45) is 0 Å². The van der Waals surface area contributed by atoms with Gasteiger partial charge in [0.05, 0.1) is 6.61 Å². The smallest absolute Gasteiger partial charge is 0.124 e. The second-order valence-electron chi connectivity index (χ2n) is 5.27. The lowest BCUT2D eigenvalue weighted by atomic mass is 10.1. The minimum atomic E-state index is 0.330. The summed E-state index contributed by atoms with van der Waals surface area (Å²) >= 11 is 1.98. The molecule has 0 heterocycles. The number of methoxy groups -OCH3 is 1. The Kier molecular flexibility index (Phi) is 9.55. The largest absolute Gasteiger partial charge is 0.491 e. The van der Waals surface area contributed by atoms with E-state index in [1.54, 1.807) is 7.11 Å². The van der Waals surface area contributed by atoms with E-state index >= 15 is 0 Å². The minimum absolute atomic E-state index is 0.330. The molecule has 1 N–H and O–H groups in total. The van der Waals surface area contributed by atoms with E-state index in [2.05, 4.69) is 38.2 Å². The molecule has 0 bridgehead atoms. The summed E-state index contributed by atoms with van der Waals surface area (Å²) in [5.74, 6) is 2.02. The molecule has 120 valence electrons. The van der Waals surface area contributed by atoms with Crippen LogP contribution in [-0.2, 0) is 4.74 Å². The van der Waals surface area contributed by atoms with E-state index in [-0.39, 0.29) is 0 Å². The quantitative estimate of drug-likeness (QED) is 0.628. The normalized spacial score (nSPS) is 12.6. The summed E-state index contributed by atoms with van der Waals surface area (Å²) in [7, 11) is 1.69. The molecule has 1 aromatic carbocycles. The van der Waals surface area contributed by atoms with Crippen LogP contribution in [0.4, 0.5) is 0 Å². The third-order valence-corrected chi connectivity index (χ3v) is 4.27. The van der Waals surface area contributed by atoms with Crippen molar-refractivity contribution < 1.29 is 9.47 Å². The number of benzene rings is 1. The number of para-hydroxylation sites is 1. The average molecular weight is 311 g/mol. The molecule has 0 spiro atoms. The van der Waals surface area contributed by atoms with Gasteiger partial charge in [-0.2, -0.15) is 11.8 Å². The minimum Gasteiger partial charge on any atom is -0.491 e. The summed E-state index contributed by atoms with van der Waals surface area (Å²) in [6, 6.07) is 8.65. The first-order valence-corrected chi connectivity index (χ1v) is 8.79. The van der Waals surface area contributed by atoms with Gasteiger partial charge in [-0.3, -0.25) is 0 Å². The van der Waals surface area contributed by atoms with Crippen molar-refractivity contribution in [3.63, 3.8) is 0 Å². The van der Waals surface area contributed by atoms with Gasteiger partial charge < -0.3 is 14.8 Å². The van der Waals surface area contributed by atoms with E-state index in [0.717, 1.165) is 24.5 Å². The highest BCUT2D eigenvalue weighted by molar-refractivity contribution is 7.99. The van der Waals surface area contributed by atoms with E-state index < -0.39 is 0 Å². The molecule has 1 unspecified atom stereocenters. The molecule has 0 fully saturated rings. The monoisotopic (exact) mass is 311 g/mol. The van der Waals surface area contributed by atoms with Crippen molar-refractivity contribution in [2.45, 2.75) is 38.5 Å². The Hall–Kier alpha value is -0.710. The van der Waals surface area contributed by atoms with Gasteiger partial charge in [-0.1, -0.05) is 39.0 Å². The predicted octanol–water partition coefficient (Wildman–Crippen LogP) is 3.89. The Morgan fingerprint density at radius 2 is 1.95 bits per heavy atom. The van der Waals surface area contributed by atoms with Crippen LogP contribution in [0.2, 0.25) is 0 Å². The summed E-state index contributed by atoms with van der Waals surface area (Å²) < 4.78 is 10.9. The van der Waals surface area contributed by atoms with Crippen molar-refractivity contribution in [1.29, 1.82) is 0 Å². The number of hydrogen-bond donors (Lipinski definition) is 1. The highest BCUT2D eigenvalue weighted by Gasteiger charge is 2.16. The highest BCUT2D eigenvalue weighted by atomic mass is 32.2. The molecule has 0 amide bonds. The summed E-state index contributed by atoms with van der Waals surface area (Å²) in [6.07, 6.45) is 1.13. The maximum atomic E-state index is 5.87. The third-order valence-electron chi connectivity index (χ3n) is 3.08. The van der Waals surface area contributed by atoms with Gasteiger partial charge in [0.2, 0.25) is 0 Å². The lowest BCUT2D eigenvalue weighted by Crippen LogP contribution is -2.25. The topological polar surface area (TPSA) is 30.5 Å². The summed E-state index contributed by atoms with van der Waals surface area (Å²) in [4.78, 5) is 0. The molecule has 1 aromatic rings. The maximum absolute atomic E-state index is 5.87. The first-order valence-electron chi connectivity index (χ1n) is 7.74. The van der Waals surface area contributed by atoms with Crippen LogP contribution in [0.5, 0.6) is 5.75 Å². The molecule has 1 atom stereocenters. The van der Waals surface area contributed by atoms with Gasteiger partial charge in [0.15, 0.2) is 0 Å². The fraction of sp³-hybridized carbons (Fsp3) is 0.647. The summed E-state index contributed by atoms with van der Waals surface area (Å²) in [5, 5.41) is 4.28.